The maximum atomic E-state index is 9.70. The lowest BCUT2D eigenvalue weighted by Gasteiger charge is -2.26. The van der Waals surface area contributed by atoms with Crippen molar-refractivity contribution in [2.24, 2.45) is 0 Å². The number of nitrogens with zero attached hydrogens (tertiary/aromatic N) is 4. The molecule has 1 aliphatic rings. The molecule has 1 aromatic heterocycles. The van der Waals surface area contributed by atoms with Crippen LogP contribution in [0.1, 0.15) is 19.3 Å². The molecule has 0 atom stereocenters. The van der Waals surface area contributed by atoms with Crippen molar-refractivity contribution in [3.63, 3.8) is 0 Å². The Morgan fingerprint density at radius 2 is 1.89 bits per heavy atom. The number of rotatable bonds is 3. The van der Waals surface area contributed by atoms with Crippen LogP contribution in [-0.2, 0) is 0 Å². The van der Waals surface area contributed by atoms with E-state index < -0.39 is 0 Å². The lowest BCUT2D eigenvalue weighted by Crippen LogP contribution is -2.31. The van der Waals surface area contributed by atoms with Crippen LogP contribution in [0, 0.1) is 11.5 Å². The molecule has 18 heavy (non-hydrogen) atoms. The van der Waals surface area contributed by atoms with Crippen LogP contribution in [0.2, 0.25) is 0 Å². The van der Waals surface area contributed by atoms with Gasteiger partial charge in [0.05, 0.1) is 7.11 Å². The van der Waals surface area contributed by atoms with Gasteiger partial charge in [-0.3, -0.25) is 0 Å². The Bertz CT molecular complexity index is 466. The topological polar surface area (TPSA) is 91.5 Å². The minimum Gasteiger partial charge on any atom is -0.499 e. The second-order valence-electron chi connectivity index (χ2n) is 3.93. The molecule has 7 heteroatoms. The van der Waals surface area contributed by atoms with Gasteiger partial charge in [-0.1, -0.05) is 0 Å². The molecule has 0 unspecified atom stereocenters. The number of aromatic hydroxyl groups is 1. The van der Waals surface area contributed by atoms with Gasteiger partial charge >= 0.3 is 0 Å². The summed E-state index contributed by atoms with van der Waals surface area (Å²) in [7, 11) is 1.39. The fourth-order valence-electron chi connectivity index (χ4n) is 1.90. The number of methoxy groups -OCH3 is 1. The van der Waals surface area contributed by atoms with Crippen LogP contribution in [0.15, 0.2) is 0 Å². The molecule has 2 heterocycles. The lowest BCUT2D eigenvalue weighted by atomic mass is 10.1. The van der Waals surface area contributed by atoms with Crippen LogP contribution in [0.3, 0.4) is 0 Å². The van der Waals surface area contributed by atoms with Crippen molar-refractivity contribution in [3.8, 4) is 23.8 Å². The Hall–Kier alpha value is -2.23. The van der Waals surface area contributed by atoms with E-state index in [9.17, 15) is 5.11 Å². The van der Waals surface area contributed by atoms with Crippen molar-refractivity contribution >= 4 is 5.95 Å². The van der Waals surface area contributed by atoms with Gasteiger partial charge in [0.1, 0.15) is 0 Å². The number of piperidine rings is 1. The Morgan fingerprint density at radius 1 is 1.22 bits per heavy atom. The third-order valence-corrected chi connectivity index (χ3v) is 2.78. The average molecular weight is 250 g/mol. The monoisotopic (exact) mass is 250 g/mol. The van der Waals surface area contributed by atoms with E-state index >= 15 is 0 Å². The minimum absolute atomic E-state index is 0.0100. The fraction of sp³-hybridized carbons (Fsp3) is 0.545. The predicted molar refractivity (Wildman–Crippen MR) is 62.6 cm³/mol. The van der Waals surface area contributed by atoms with Crippen molar-refractivity contribution in [2.75, 3.05) is 25.1 Å². The van der Waals surface area contributed by atoms with Gasteiger partial charge in [-0.25, -0.2) is 0 Å². The van der Waals surface area contributed by atoms with E-state index in [-0.39, 0.29) is 17.5 Å². The van der Waals surface area contributed by atoms with Crippen molar-refractivity contribution in [1.29, 1.82) is 5.26 Å². The van der Waals surface area contributed by atoms with Crippen LogP contribution in [0.5, 0.6) is 17.5 Å². The minimum atomic E-state index is -0.361. The fourth-order valence-corrected chi connectivity index (χ4v) is 1.90. The molecule has 1 saturated heterocycles. The van der Waals surface area contributed by atoms with Gasteiger partial charge in [-0.15, -0.1) is 5.26 Å². The van der Waals surface area contributed by atoms with Crippen LogP contribution in [0.4, 0.5) is 5.95 Å². The second-order valence-corrected chi connectivity index (χ2v) is 3.93. The zero-order valence-corrected chi connectivity index (χ0v) is 10.1. The average Bonchev–Trinajstić information content (AvgIpc) is 2.42. The zero-order chi connectivity index (χ0) is 13.0. The Morgan fingerprint density at radius 3 is 2.50 bits per heavy atom. The molecule has 0 saturated carbocycles. The molecule has 2 rings (SSSR count). The molecule has 1 aliphatic heterocycles. The molecule has 0 radical (unpaired) electrons. The van der Waals surface area contributed by atoms with E-state index in [1.54, 1.807) is 0 Å². The quantitative estimate of drug-likeness (QED) is 0.801. The van der Waals surface area contributed by atoms with E-state index in [1.165, 1.54) is 19.8 Å². The summed E-state index contributed by atoms with van der Waals surface area (Å²) in [5, 5.41) is 18.2. The summed E-state index contributed by atoms with van der Waals surface area (Å²) in [5.74, 6) is -0.116. The summed E-state index contributed by atoms with van der Waals surface area (Å²) in [4.78, 5) is 10.1. The van der Waals surface area contributed by atoms with Gasteiger partial charge in [-0.05, 0) is 19.3 Å². The first-order valence-electron chi connectivity index (χ1n) is 5.72. The highest BCUT2D eigenvalue weighted by Crippen LogP contribution is 2.34. The molecule has 0 bridgehead atoms. The van der Waals surface area contributed by atoms with E-state index in [1.807, 2.05) is 4.90 Å². The number of hydrogen-bond donors (Lipinski definition) is 1. The Labute approximate surface area is 105 Å². The summed E-state index contributed by atoms with van der Waals surface area (Å²) in [6, 6.07) is 0. The van der Waals surface area contributed by atoms with Crippen molar-refractivity contribution < 1.29 is 14.6 Å². The molecule has 7 nitrogen and oxygen atoms in total. The lowest BCUT2D eigenvalue weighted by molar-refractivity contribution is 0.337. The highest BCUT2D eigenvalue weighted by atomic mass is 16.5. The van der Waals surface area contributed by atoms with Gasteiger partial charge < -0.3 is 19.5 Å². The summed E-state index contributed by atoms with van der Waals surface area (Å²) >= 11 is 0. The van der Waals surface area contributed by atoms with E-state index in [4.69, 9.17) is 10.00 Å². The molecule has 96 valence electrons. The van der Waals surface area contributed by atoms with Crippen molar-refractivity contribution in [2.45, 2.75) is 19.3 Å². The van der Waals surface area contributed by atoms with Crippen LogP contribution < -0.4 is 14.4 Å². The molecular weight excluding hydrogens is 236 g/mol. The summed E-state index contributed by atoms with van der Waals surface area (Å²) in [5.41, 5.74) is 0. The number of anilines is 1. The first kappa shape index (κ1) is 12.2. The van der Waals surface area contributed by atoms with E-state index in [0.29, 0.717) is 5.95 Å². The van der Waals surface area contributed by atoms with Gasteiger partial charge in [0.2, 0.25) is 11.7 Å². The molecule has 1 N–H and O–H groups in total. The van der Waals surface area contributed by atoms with Gasteiger partial charge in [0, 0.05) is 13.1 Å². The van der Waals surface area contributed by atoms with Gasteiger partial charge in [-0.2, -0.15) is 9.97 Å². The normalized spacial score (nSPS) is 15.0. The third-order valence-electron chi connectivity index (χ3n) is 2.78. The third kappa shape index (κ3) is 2.37. The van der Waals surface area contributed by atoms with Gasteiger partial charge in [0.15, 0.2) is 0 Å². The number of hydrogen-bond acceptors (Lipinski definition) is 7. The summed E-state index contributed by atoms with van der Waals surface area (Å²) in [6.45, 7) is 1.69. The molecule has 0 spiro atoms. The molecule has 1 fully saturated rings. The maximum Gasteiger partial charge on any atom is 0.294 e. The first-order valence-corrected chi connectivity index (χ1v) is 5.72. The highest BCUT2D eigenvalue weighted by molar-refractivity contribution is 5.48. The SMILES string of the molecule is COc1nc(N2CCCCC2)nc(OC#N)c1O. The highest BCUT2D eigenvalue weighted by Gasteiger charge is 2.20. The predicted octanol–water partition coefficient (Wildman–Crippen LogP) is 1.04. The molecule has 0 amide bonds. The maximum absolute atomic E-state index is 9.70. The smallest absolute Gasteiger partial charge is 0.294 e. The van der Waals surface area contributed by atoms with Crippen molar-refractivity contribution in [1.82, 2.24) is 9.97 Å². The number of ether oxygens (including phenoxy) is 2. The Kier molecular flexibility index (Phi) is 3.67. The number of aromatic nitrogens is 2. The largest absolute Gasteiger partial charge is 0.499 e. The number of nitriles is 1. The Balaban J connectivity index is 2.35. The van der Waals surface area contributed by atoms with E-state index in [0.717, 1.165) is 25.9 Å². The van der Waals surface area contributed by atoms with Crippen LogP contribution >= 0.6 is 0 Å². The van der Waals surface area contributed by atoms with E-state index in [2.05, 4.69) is 14.7 Å². The molecule has 0 aromatic carbocycles. The standard InChI is InChI=1S/C11H14N4O3/c1-17-9-8(16)10(18-7-12)14-11(13-9)15-5-3-2-4-6-15/h16H,2-6H2,1H3. The molecule has 0 aliphatic carbocycles. The molecular formula is C11H14N4O3. The summed E-state index contributed by atoms with van der Waals surface area (Å²) in [6.07, 6.45) is 4.81. The molecule has 1 aromatic rings. The van der Waals surface area contributed by atoms with Crippen molar-refractivity contribution in [3.05, 3.63) is 0 Å². The second kappa shape index (κ2) is 5.40. The zero-order valence-electron chi connectivity index (χ0n) is 10.1. The van der Waals surface area contributed by atoms with Crippen LogP contribution in [-0.4, -0.2) is 35.3 Å². The van der Waals surface area contributed by atoms with Gasteiger partial charge in [0.25, 0.3) is 18.0 Å². The first-order chi connectivity index (χ1) is 8.76. The summed E-state index contributed by atoms with van der Waals surface area (Å²) < 4.78 is 9.55. The van der Waals surface area contributed by atoms with Crippen LogP contribution in [0.25, 0.3) is 0 Å².